The van der Waals surface area contributed by atoms with Crippen LogP contribution in [-0.2, 0) is 14.4 Å². The number of aliphatic hydroxyl groups is 1. The van der Waals surface area contributed by atoms with Crippen LogP contribution in [0, 0.1) is 0 Å². The van der Waals surface area contributed by atoms with Gasteiger partial charge in [0.15, 0.2) is 0 Å². The van der Waals surface area contributed by atoms with Gasteiger partial charge in [0.05, 0.1) is 0 Å². The molecule has 3 N–H and O–H groups in total. The normalized spacial score (nSPS) is 9.30. The molecule has 136 valence electrons. The van der Waals surface area contributed by atoms with Crippen molar-refractivity contribution in [3.8, 4) is 0 Å². The first kappa shape index (κ1) is 26.2. The number of aldehydes is 1. The molecule has 0 atom stereocenters. The number of hydrogen-bond acceptors (Lipinski definition) is 4. The maximum absolute atomic E-state index is 11.8. The van der Waals surface area contributed by atoms with Crippen LogP contribution in [-0.4, -0.2) is 42.4 Å². The van der Waals surface area contributed by atoms with Crippen LogP contribution in [0.1, 0.15) is 59.8 Å². The largest absolute Gasteiger partial charge is 0.400 e. The van der Waals surface area contributed by atoms with Gasteiger partial charge >= 0.3 is 0 Å². The highest BCUT2D eigenvalue weighted by Gasteiger charge is 2.27. The molecule has 6 nitrogen and oxygen atoms in total. The SMILES string of the molecule is C=CC(=O)NC(C)(C)C(=O)NCCCCCCC=O.CC.CO. The van der Waals surface area contributed by atoms with Crippen LogP contribution in [0.4, 0.5) is 0 Å². The Labute approximate surface area is 140 Å². The van der Waals surface area contributed by atoms with Gasteiger partial charge in [-0.2, -0.15) is 0 Å². The number of unbranched alkanes of at least 4 members (excludes halogenated alkanes) is 4. The van der Waals surface area contributed by atoms with Crippen molar-refractivity contribution in [2.45, 2.75) is 65.3 Å². The second-order valence-electron chi connectivity index (χ2n) is 4.94. The van der Waals surface area contributed by atoms with Gasteiger partial charge in [-0.15, -0.1) is 0 Å². The molecule has 0 aromatic rings. The summed E-state index contributed by atoms with van der Waals surface area (Å²) in [6, 6.07) is 0. The predicted molar refractivity (Wildman–Crippen MR) is 94.1 cm³/mol. The average molecular weight is 330 g/mol. The highest BCUT2D eigenvalue weighted by Crippen LogP contribution is 2.04. The zero-order valence-corrected chi connectivity index (χ0v) is 15.3. The van der Waals surface area contributed by atoms with Gasteiger partial charge in [-0.05, 0) is 32.8 Å². The lowest BCUT2D eigenvalue weighted by atomic mass is 10.0. The summed E-state index contributed by atoms with van der Waals surface area (Å²) in [5.74, 6) is -0.579. The second-order valence-corrected chi connectivity index (χ2v) is 4.94. The molecular formula is C17H34N2O4. The van der Waals surface area contributed by atoms with Crippen LogP contribution in [0.25, 0.3) is 0 Å². The lowest BCUT2D eigenvalue weighted by molar-refractivity contribution is -0.130. The monoisotopic (exact) mass is 330 g/mol. The zero-order valence-electron chi connectivity index (χ0n) is 15.3. The van der Waals surface area contributed by atoms with E-state index in [-0.39, 0.29) is 11.8 Å². The number of hydrogen-bond donors (Lipinski definition) is 3. The molecule has 0 aromatic carbocycles. The Balaban J connectivity index is -0.000000919. The molecule has 0 radical (unpaired) electrons. The molecule has 0 fully saturated rings. The van der Waals surface area contributed by atoms with Crippen LogP contribution in [0.15, 0.2) is 12.7 Å². The van der Waals surface area contributed by atoms with Crippen LogP contribution in [0.3, 0.4) is 0 Å². The molecule has 0 aromatic heterocycles. The topological polar surface area (TPSA) is 95.5 Å². The van der Waals surface area contributed by atoms with Crippen molar-refractivity contribution < 1.29 is 19.5 Å². The first-order chi connectivity index (χ1) is 10.9. The van der Waals surface area contributed by atoms with E-state index < -0.39 is 5.54 Å². The lowest BCUT2D eigenvalue weighted by Crippen LogP contribution is -2.54. The minimum atomic E-state index is -0.942. The molecule has 0 bridgehead atoms. The van der Waals surface area contributed by atoms with Crippen molar-refractivity contribution in [2.24, 2.45) is 0 Å². The number of carbonyl (C=O) groups is 3. The van der Waals surface area contributed by atoms with E-state index in [1.165, 1.54) is 0 Å². The van der Waals surface area contributed by atoms with Gasteiger partial charge < -0.3 is 20.5 Å². The number of nitrogens with one attached hydrogen (secondary N) is 2. The van der Waals surface area contributed by atoms with E-state index in [0.717, 1.165) is 45.2 Å². The zero-order chi connectivity index (χ0) is 18.7. The Kier molecular flexibility index (Phi) is 20.9. The highest BCUT2D eigenvalue weighted by molar-refractivity contribution is 5.94. The molecule has 6 heteroatoms. The third kappa shape index (κ3) is 16.5. The predicted octanol–water partition coefficient (Wildman–Crippen LogP) is 1.97. The van der Waals surface area contributed by atoms with Gasteiger partial charge in [0.2, 0.25) is 11.8 Å². The van der Waals surface area contributed by atoms with Crippen LogP contribution in [0.5, 0.6) is 0 Å². The number of carbonyl (C=O) groups excluding carboxylic acids is 3. The summed E-state index contributed by atoms with van der Waals surface area (Å²) in [6.45, 7) is 11.2. The third-order valence-electron chi connectivity index (χ3n) is 2.72. The first-order valence-corrected chi connectivity index (χ1v) is 8.05. The van der Waals surface area contributed by atoms with Crippen molar-refractivity contribution in [1.29, 1.82) is 0 Å². The summed E-state index contributed by atoms with van der Waals surface area (Å²) < 4.78 is 0. The van der Waals surface area contributed by atoms with Gasteiger partial charge in [-0.1, -0.05) is 33.3 Å². The smallest absolute Gasteiger partial charge is 0.245 e. The van der Waals surface area contributed by atoms with E-state index in [1.54, 1.807) is 13.8 Å². The molecule has 0 saturated carbocycles. The van der Waals surface area contributed by atoms with Crippen LogP contribution in [0.2, 0.25) is 0 Å². The van der Waals surface area contributed by atoms with Gasteiger partial charge in [-0.3, -0.25) is 9.59 Å². The van der Waals surface area contributed by atoms with Crippen molar-refractivity contribution in [3.05, 3.63) is 12.7 Å². The molecule has 0 heterocycles. The standard InChI is InChI=1S/C14H24N2O3.C2H6.CH4O/c1-4-12(18)16-14(2,3)13(19)15-10-8-6-5-7-9-11-17;2*1-2/h4,11H,1,5-10H2,2-3H3,(H,15,19)(H,16,18);1-2H3;2H,1H3. The van der Waals surface area contributed by atoms with Gasteiger partial charge in [0.25, 0.3) is 0 Å². The van der Waals surface area contributed by atoms with E-state index in [4.69, 9.17) is 5.11 Å². The lowest BCUT2D eigenvalue weighted by Gasteiger charge is -2.24. The maximum atomic E-state index is 11.8. The first-order valence-electron chi connectivity index (χ1n) is 8.05. The number of aliphatic hydroxyl groups excluding tert-OH is 1. The molecule has 23 heavy (non-hydrogen) atoms. The Bertz CT molecular complexity index is 329. The Morgan fingerprint density at radius 1 is 1.09 bits per heavy atom. The second kappa shape index (κ2) is 18.4. The molecule has 0 unspecified atom stereocenters. The minimum absolute atomic E-state index is 0.212. The van der Waals surface area contributed by atoms with Crippen molar-refractivity contribution in [1.82, 2.24) is 10.6 Å². The Hall–Kier alpha value is -1.69. The average Bonchev–Trinajstić information content (AvgIpc) is 2.57. The van der Waals surface area contributed by atoms with E-state index in [2.05, 4.69) is 17.2 Å². The fourth-order valence-corrected chi connectivity index (χ4v) is 1.54. The summed E-state index contributed by atoms with van der Waals surface area (Å²) in [4.78, 5) is 33.1. The fourth-order valence-electron chi connectivity index (χ4n) is 1.54. The van der Waals surface area contributed by atoms with Crippen molar-refractivity contribution in [3.63, 3.8) is 0 Å². The summed E-state index contributed by atoms with van der Waals surface area (Å²) in [5, 5.41) is 12.4. The van der Waals surface area contributed by atoms with Gasteiger partial charge in [0.1, 0.15) is 11.8 Å². The molecular weight excluding hydrogens is 296 g/mol. The number of amides is 2. The molecule has 0 rings (SSSR count). The van der Waals surface area contributed by atoms with Crippen LogP contribution < -0.4 is 10.6 Å². The molecule has 0 spiro atoms. The van der Waals surface area contributed by atoms with Gasteiger partial charge in [-0.25, -0.2) is 0 Å². The van der Waals surface area contributed by atoms with E-state index in [1.807, 2.05) is 13.8 Å². The minimum Gasteiger partial charge on any atom is -0.400 e. The molecule has 0 aliphatic carbocycles. The van der Waals surface area contributed by atoms with Gasteiger partial charge in [0, 0.05) is 20.1 Å². The number of rotatable bonds is 10. The molecule has 0 saturated heterocycles. The quantitative estimate of drug-likeness (QED) is 0.324. The fraction of sp³-hybridized carbons (Fsp3) is 0.706. The van der Waals surface area contributed by atoms with Crippen molar-refractivity contribution >= 4 is 18.1 Å². The molecule has 2 amide bonds. The highest BCUT2D eigenvalue weighted by atomic mass is 16.2. The van der Waals surface area contributed by atoms with Crippen LogP contribution >= 0.6 is 0 Å². The molecule has 0 aliphatic rings. The Morgan fingerprint density at radius 3 is 2.09 bits per heavy atom. The molecule has 0 aliphatic heterocycles. The summed E-state index contributed by atoms with van der Waals surface area (Å²) in [5.41, 5.74) is -0.942. The maximum Gasteiger partial charge on any atom is 0.245 e. The van der Waals surface area contributed by atoms with E-state index >= 15 is 0 Å². The summed E-state index contributed by atoms with van der Waals surface area (Å²) >= 11 is 0. The third-order valence-corrected chi connectivity index (χ3v) is 2.72. The van der Waals surface area contributed by atoms with E-state index in [9.17, 15) is 14.4 Å². The summed E-state index contributed by atoms with van der Waals surface area (Å²) in [7, 11) is 1.00. The van der Waals surface area contributed by atoms with E-state index in [0.29, 0.717) is 13.0 Å². The summed E-state index contributed by atoms with van der Waals surface area (Å²) in [6.07, 6.45) is 6.41. The van der Waals surface area contributed by atoms with Crippen molar-refractivity contribution in [2.75, 3.05) is 13.7 Å². The Morgan fingerprint density at radius 2 is 1.61 bits per heavy atom.